The van der Waals surface area contributed by atoms with Gasteiger partial charge in [0.1, 0.15) is 0 Å². The molecule has 1 heterocycles. The maximum Gasteiger partial charge on any atom is 0.0445 e. The van der Waals surface area contributed by atoms with Crippen LogP contribution in [0.2, 0.25) is 0 Å². The summed E-state index contributed by atoms with van der Waals surface area (Å²) in [7, 11) is 0. The van der Waals surface area contributed by atoms with Gasteiger partial charge in [-0.05, 0) is 31.4 Å². The molecule has 1 saturated carbocycles. The molecule has 1 aromatic heterocycles. The molecule has 0 bridgehead atoms. The second-order valence-corrected chi connectivity index (χ2v) is 4.68. The first kappa shape index (κ1) is 8.31. The van der Waals surface area contributed by atoms with Crippen LogP contribution in [0.4, 0.5) is 0 Å². The summed E-state index contributed by atoms with van der Waals surface area (Å²) in [6, 6.07) is 4.32. The Bertz CT molecular complexity index is 232. The highest BCUT2D eigenvalue weighted by Gasteiger charge is 2.43. The van der Waals surface area contributed by atoms with Crippen LogP contribution in [0, 0.1) is 5.38 Å². The normalized spacial score (nSPS) is 19.4. The van der Waals surface area contributed by atoms with Crippen molar-refractivity contribution in [3.63, 3.8) is 0 Å². The van der Waals surface area contributed by atoms with E-state index in [4.69, 9.17) is 0 Å². The molecule has 0 saturated heterocycles. The van der Waals surface area contributed by atoms with Gasteiger partial charge < -0.3 is 0 Å². The summed E-state index contributed by atoms with van der Waals surface area (Å²) < 4.78 is 0. The van der Waals surface area contributed by atoms with Crippen LogP contribution in [-0.4, -0.2) is 0 Å². The summed E-state index contributed by atoms with van der Waals surface area (Å²) >= 11 is 1.82. The average Bonchev–Trinajstić information content (AvgIpc) is 2.66. The fraction of sp³-hybridized carbons (Fsp3) is 0.636. The lowest BCUT2D eigenvalue weighted by Gasteiger charge is -2.11. The molecular weight excluding hydrogens is 164 g/mol. The van der Waals surface area contributed by atoms with Crippen LogP contribution in [0.1, 0.15) is 43.9 Å². The maximum absolute atomic E-state index is 3.19. The molecule has 0 aromatic carbocycles. The minimum absolute atomic E-state index is 0.612. The highest BCUT2D eigenvalue weighted by Crippen LogP contribution is 2.53. The Labute approximate surface area is 78.6 Å². The van der Waals surface area contributed by atoms with Gasteiger partial charge in [-0.25, -0.2) is 0 Å². The van der Waals surface area contributed by atoms with Gasteiger partial charge in [-0.3, -0.25) is 0 Å². The molecular formula is C11H15S. The van der Waals surface area contributed by atoms with Crippen molar-refractivity contribution < 1.29 is 0 Å². The second-order valence-electron chi connectivity index (χ2n) is 3.80. The van der Waals surface area contributed by atoms with E-state index in [0.29, 0.717) is 5.41 Å². The smallest absolute Gasteiger partial charge is 0.0445 e. The largest absolute Gasteiger partial charge is 0.139 e. The molecule has 0 spiro atoms. The van der Waals surface area contributed by atoms with E-state index >= 15 is 0 Å². The number of hydrogen-bond donors (Lipinski definition) is 0. The lowest BCUT2D eigenvalue weighted by molar-refractivity contribution is 0.584. The van der Waals surface area contributed by atoms with Crippen LogP contribution in [0.25, 0.3) is 0 Å². The van der Waals surface area contributed by atoms with Gasteiger partial charge >= 0.3 is 0 Å². The molecule has 1 aliphatic carbocycles. The van der Waals surface area contributed by atoms with Crippen molar-refractivity contribution >= 4 is 11.3 Å². The Morgan fingerprint density at radius 2 is 2.42 bits per heavy atom. The second kappa shape index (κ2) is 3.21. The lowest BCUT2D eigenvalue weighted by Crippen LogP contribution is -2.02. The zero-order valence-electron chi connectivity index (χ0n) is 7.60. The molecule has 1 radical (unpaired) electrons. The predicted molar refractivity (Wildman–Crippen MR) is 53.6 cm³/mol. The molecule has 1 aliphatic rings. The third-order valence-corrected chi connectivity index (χ3v) is 3.90. The van der Waals surface area contributed by atoms with E-state index in [9.17, 15) is 0 Å². The molecule has 65 valence electrons. The van der Waals surface area contributed by atoms with Gasteiger partial charge in [0.05, 0.1) is 0 Å². The first-order valence-corrected chi connectivity index (χ1v) is 5.65. The third kappa shape index (κ3) is 1.42. The van der Waals surface area contributed by atoms with Crippen molar-refractivity contribution in [1.29, 1.82) is 0 Å². The van der Waals surface area contributed by atoms with Crippen LogP contribution in [-0.2, 0) is 5.41 Å². The minimum Gasteiger partial charge on any atom is -0.139 e. The van der Waals surface area contributed by atoms with E-state index in [-0.39, 0.29) is 0 Å². The summed E-state index contributed by atoms with van der Waals surface area (Å²) in [5.74, 6) is 0. The molecule has 0 nitrogen and oxygen atoms in total. The van der Waals surface area contributed by atoms with Crippen LogP contribution in [0.5, 0.6) is 0 Å². The third-order valence-electron chi connectivity index (χ3n) is 2.86. The molecule has 0 aliphatic heterocycles. The van der Waals surface area contributed by atoms with Gasteiger partial charge in [0, 0.05) is 15.7 Å². The van der Waals surface area contributed by atoms with E-state index < -0.39 is 0 Å². The Morgan fingerprint density at radius 1 is 1.58 bits per heavy atom. The average molecular weight is 179 g/mol. The van der Waals surface area contributed by atoms with Gasteiger partial charge in [0.15, 0.2) is 0 Å². The van der Waals surface area contributed by atoms with Crippen molar-refractivity contribution in [2.75, 3.05) is 0 Å². The van der Waals surface area contributed by atoms with E-state index in [1.165, 1.54) is 32.1 Å². The highest BCUT2D eigenvalue weighted by molar-refractivity contribution is 7.09. The summed E-state index contributed by atoms with van der Waals surface area (Å²) in [5.41, 5.74) is 0.612. The number of thiophene rings is 1. The van der Waals surface area contributed by atoms with Crippen molar-refractivity contribution in [2.24, 2.45) is 0 Å². The Kier molecular flexibility index (Phi) is 2.22. The summed E-state index contributed by atoms with van der Waals surface area (Å²) in [6.07, 6.45) is 6.95. The standard InChI is InChI=1S/C11H15S/c1-2-3-6-11(7-8-11)10-5-4-9-12-10/h4-5H,2-3,6-8H2,1H3. The molecule has 2 rings (SSSR count). The monoisotopic (exact) mass is 179 g/mol. The van der Waals surface area contributed by atoms with Gasteiger partial charge in [0.2, 0.25) is 0 Å². The summed E-state index contributed by atoms with van der Waals surface area (Å²) in [5, 5.41) is 3.19. The van der Waals surface area contributed by atoms with E-state index in [1.54, 1.807) is 4.88 Å². The number of unbranched alkanes of at least 4 members (excludes halogenated alkanes) is 1. The van der Waals surface area contributed by atoms with Crippen LogP contribution in [0.15, 0.2) is 12.1 Å². The van der Waals surface area contributed by atoms with Crippen molar-refractivity contribution in [3.8, 4) is 0 Å². The predicted octanol–water partition coefficient (Wildman–Crippen LogP) is 3.77. The summed E-state index contributed by atoms with van der Waals surface area (Å²) in [4.78, 5) is 1.58. The van der Waals surface area contributed by atoms with Gasteiger partial charge in [-0.15, -0.1) is 11.3 Å². The van der Waals surface area contributed by atoms with E-state index in [2.05, 4.69) is 24.4 Å². The highest BCUT2D eigenvalue weighted by atomic mass is 32.1. The maximum atomic E-state index is 3.19. The van der Waals surface area contributed by atoms with Crippen LogP contribution < -0.4 is 0 Å². The topological polar surface area (TPSA) is 0 Å². The molecule has 0 amide bonds. The molecule has 1 fully saturated rings. The first-order valence-electron chi connectivity index (χ1n) is 4.84. The van der Waals surface area contributed by atoms with Crippen LogP contribution >= 0.6 is 11.3 Å². The van der Waals surface area contributed by atoms with Crippen molar-refractivity contribution in [1.82, 2.24) is 0 Å². The zero-order valence-corrected chi connectivity index (χ0v) is 8.41. The van der Waals surface area contributed by atoms with E-state index in [0.717, 1.165) is 0 Å². The first-order chi connectivity index (χ1) is 5.87. The van der Waals surface area contributed by atoms with Gasteiger partial charge in [0.25, 0.3) is 0 Å². The summed E-state index contributed by atoms with van der Waals surface area (Å²) in [6.45, 7) is 2.27. The fourth-order valence-electron chi connectivity index (χ4n) is 1.81. The Morgan fingerprint density at radius 3 is 2.92 bits per heavy atom. The lowest BCUT2D eigenvalue weighted by atomic mass is 9.97. The molecule has 0 atom stereocenters. The van der Waals surface area contributed by atoms with Crippen molar-refractivity contribution in [3.05, 3.63) is 22.4 Å². The van der Waals surface area contributed by atoms with Gasteiger partial charge in [-0.2, -0.15) is 0 Å². The SMILES string of the molecule is CCCCC1(c2cc[c]s2)CC1. The molecule has 1 aromatic rings. The Hall–Kier alpha value is -0.300. The van der Waals surface area contributed by atoms with Crippen molar-refractivity contribution in [2.45, 2.75) is 44.4 Å². The van der Waals surface area contributed by atoms with Gasteiger partial charge in [-0.1, -0.05) is 19.8 Å². The Balaban J connectivity index is 2.02. The van der Waals surface area contributed by atoms with Crippen LogP contribution in [0.3, 0.4) is 0 Å². The number of hydrogen-bond acceptors (Lipinski definition) is 1. The minimum atomic E-state index is 0.612. The quantitative estimate of drug-likeness (QED) is 0.660. The molecule has 0 N–H and O–H groups in total. The fourth-order valence-corrected chi connectivity index (χ4v) is 2.73. The molecule has 0 unspecified atom stereocenters. The van der Waals surface area contributed by atoms with E-state index in [1.807, 2.05) is 11.3 Å². The number of rotatable bonds is 4. The molecule has 1 heteroatoms. The zero-order chi connectivity index (χ0) is 8.44. The molecule has 12 heavy (non-hydrogen) atoms.